The van der Waals surface area contributed by atoms with Crippen molar-refractivity contribution in [3.05, 3.63) is 53.3 Å². The van der Waals surface area contributed by atoms with Gasteiger partial charge in [-0.25, -0.2) is 14.2 Å². The number of H-pyrrole nitrogens is 1. The molecule has 2 amide bonds. The van der Waals surface area contributed by atoms with Crippen LogP contribution in [-0.4, -0.2) is 121 Å². The van der Waals surface area contributed by atoms with Crippen LogP contribution in [0.15, 0.2) is 36.4 Å². The van der Waals surface area contributed by atoms with Gasteiger partial charge in [0.1, 0.15) is 23.9 Å². The van der Waals surface area contributed by atoms with Gasteiger partial charge in [0, 0.05) is 76.1 Å². The standard InChI is InChI=1S/C29H35FN8O3/c1-35-8-12-37(13-9-35)16-17-41-19-6-7-20(22(30)18-19)26-25-27(33-32-26)21-4-3-5-23(24(21)28(25)39)31-29(40)34-38-14-10-36(2)11-15-38/h3-7,18H,8-17H2,1-2H3,(H,32,33)(H2,31,34,40). The first-order valence-corrected chi connectivity index (χ1v) is 14.0. The van der Waals surface area contributed by atoms with E-state index in [4.69, 9.17) is 4.74 Å². The minimum atomic E-state index is -0.512. The van der Waals surface area contributed by atoms with Crippen molar-refractivity contribution in [1.29, 1.82) is 0 Å². The van der Waals surface area contributed by atoms with Crippen molar-refractivity contribution >= 4 is 17.5 Å². The predicted molar refractivity (Wildman–Crippen MR) is 154 cm³/mol. The molecule has 2 aliphatic heterocycles. The van der Waals surface area contributed by atoms with Crippen LogP contribution in [0.5, 0.6) is 5.75 Å². The number of urea groups is 1. The third-order valence-electron chi connectivity index (χ3n) is 8.03. The van der Waals surface area contributed by atoms with Crippen LogP contribution in [-0.2, 0) is 0 Å². The molecule has 0 radical (unpaired) electrons. The Labute approximate surface area is 238 Å². The number of carbonyl (C=O) groups is 2. The highest BCUT2D eigenvalue weighted by atomic mass is 19.1. The molecule has 6 rings (SSSR count). The SMILES string of the molecule is CN1CCN(CCOc2ccc(-c3[nH]nc4c3C(=O)c3c(NC(=O)NN5CCN(C)CC5)cccc3-4)c(F)c2)CC1. The summed E-state index contributed by atoms with van der Waals surface area (Å²) in [6.45, 7) is 8.41. The van der Waals surface area contributed by atoms with E-state index in [-0.39, 0.29) is 16.9 Å². The van der Waals surface area contributed by atoms with E-state index in [1.807, 2.05) is 12.1 Å². The molecule has 41 heavy (non-hydrogen) atoms. The van der Waals surface area contributed by atoms with Gasteiger partial charge in [0.2, 0.25) is 0 Å². The van der Waals surface area contributed by atoms with Crippen LogP contribution in [0.4, 0.5) is 14.9 Å². The van der Waals surface area contributed by atoms with E-state index in [0.717, 1.165) is 45.8 Å². The zero-order chi connectivity index (χ0) is 28.5. The van der Waals surface area contributed by atoms with Gasteiger partial charge >= 0.3 is 6.03 Å². The van der Waals surface area contributed by atoms with Crippen molar-refractivity contribution < 1.29 is 18.7 Å². The van der Waals surface area contributed by atoms with Gasteiger partial charge in [0.15, 0.2) is 5.78 Å². The lowest BCUT2D eigenvalue weighted by Gasteiger charge is -2.32. The number of amides is 2. The number of nitrogens with one attached hydrogen (secondary N) is 3. The van der Waals surface area contributed by atoms with E-state index in [2.05, 4.69) is 42.7 Å². The highest BCUT2D eigenvalue weighted by Crippen LogP contribution is 2.43. The highest BCUT2D eigenvalue weighted by molar-refractivity contribution is 6.26. The molecule has 11 nitrogen and oxygen atoms in total. The molecule has 0 saturated carbocycles. The predicted octanol–water partition coefficient (Wildman–Crippen LogP) is 2.34. The summed E-state index contributed by atoms with van der Waals surface area (Å²) in [7, 11) is 4.16. The fourth-order valence-corrected chi connectivity index (χ4v) is 5.54. The second kappa shape index (κ2) is 11.6. The molecule has 2 saturated heterocycles. The minimum absolute atomic E-state index is 0.230. The molecule has 1 aromatic heterocycles. The fourth-order valence-electron chi connectivity index (χ4n) is 5.54. The highest BCUT2D eigenvalue weighted by Gasteiger charge is 2.36. The number of carbonyl (C=O) groups excluding carboxylic acids is 2. The van der Waals surface area contributed by atoms with Crippen LogP contribution in [0, 0.1) is 5.82 Å². The number of aromatic amines is 1. The first-order valence-electron chi connectivity index (χ1n) is 14.0. The Bertz CT molecular complexity index is 1440. The molecule has 3 aliphatic rings. The van der Waals surface area contributed by atoms with Gasteiger partial charge in [-0.2, -0.15) is 5.10 Å². The van der Waals surface area contributed by atoms with Gasteiger partial charge in [-0.05, 0) is 32.3 Å². The average molecular weight is 563 g/mol. The van der Waals surface area contributed by atoms with E-state index in [0.29, 0.717) is 53.6 Å². The summed E-state index contributed by atoms with van der Waals surface area (Å²) in [5.41, 5.74) is 5.43. The smallest absolute Gasteiger partial charge is 0.333 e. The molecule has 3 aromatic rings. The summed E-state index contributed by atoms with van der Waals surface area (Å²) in [5.74, 6) is -0.396. The molecular weight excluding hydrogens is 527 g/mol. The summed E-state index contributed by atoms with van der Waals surface area (Å²) in [4.78, 5) is 33.2. The molecule has 3 heterocycles. The number of nitrogens with zero attached hydrogens (tertiary/aromatic N) is 5. The van der Waals surface area contributed by atoms with Gasteiger partial charge in [0.25, 0.3) is 0 Å². The summed E-state index contributed by atoms with van der Waals surface area (Å²) >= 11 is 0. The second-order valence-electron chi connectivity index (χ2n) is 10.9. The summed E-state index contributed by atoms with van der Waals surface area (Å²) < 4.78 is 21.2. The van der Waals surface area contributed by atoms with Crippen molar-refractivity contribution in [2.24, 2.45) is 0 Å². The Morgan fingerprint density at radius 2 is 1.71 bits per heavy atom. The van der Waals surface area contributed by atoms with Gasteiger partial charge in [0.05, 0.1) is 22.5 Å². The average Bonchev–Trinajstić information content (AvgIpc) is 3.51. The van der Waals surface area contributed by atoms with Crippen LogP contribution >= 0.6 is 0 Å². The maximum atomic E-state index is 15.3. The van der Waals surface area contributed by atoms with E-state index in [1.165, 1.54) is 6.07 Å². The first-order chi connectivity index (χ1) is 19.9. The van der Waals surface area contributed by atoms with Crippen LogP contribution in [0.3, 0.4) is 0 Å². The van der Waals surface area contributed by atoms with Crippen LogP contribution in [0.2, 0.25) is 0 Å². The van der Waals surface area contributed by atoms with Gasteiger partial charge < -0.3 is 19.9 Å². The normalized spacial score (nSPS) is 18.3. The van der Waals surface area contributed by atoms with Crippen molar-refractivity contribution in [2.45, 2.75) is 0 Å². The van der Waals surface area contributed by atoms with Crippen molar-refractivity contribution in [1.82, 2.24) is 35.3 Å². The molecule has 0 bridgehead atoms. The Hall–Kier alpha value is -3.84. The number of benzene rings is 2. The number of halogens is 1. The number of likely N-dealkylation sites (N-methyl/N-ethyl adjacent to an activating group) is 2. The van der Waals surface area contributed by atoms with Crippen molar-refractivity contribution in [2.75, 3.05) is 84.9 Å². The lowest BCUT2D eigenvalue weighted by atomic mass is 10.0. The summed E-state index contributed by atoms with van der Waals surface area (Å²) in [6.07, 6.45) is 0. The minimum Gasteiger partial charge on any atom is -0.492 e. The van der Waals surface area contributed by atoms with Crippen LogP contribution in [0.25, 0.3) is 22.5 Å². The van der Waals surface area contributed by atoms with Gasteiger partial charge in [-0.3, -0.25) is 20.2 Å². The van der Waals surface area contributed by atoms with E-state index >= 15 is 4.39 Å². The molecule has 0 spiro atoms. The number of ketones is 1. The molecule has 0 atom stereocenters. The number of aromatic nitrogens is 2. The van der Waals surface area contributed by atoms with E-state index < -0.39 is 11.8 Å². The maximum Gasteiger partial charge on any atom is 0.333 e. The maximum absolute atomic E-state index is 15.3. The van der Waals surface area contributed by atoms with Crippen LogP contribution < -0.4 is 15.5 Å². The zero-order valence-corrected chi connectivity index (χ0v) is 23.4. The van der Waals surface area contributed by atoms with Gasteiger partial charge in [-0.1, -0.05) is 12.1 Å². The molecule has 216 valence electrons. The van der Waals surface area contributed by atoms with Gasteiger partial charge in [-0.15, -0.1) is 0 Å². The zero-order valence-electron chi connectivity index (χ0n) is 23.4. The molecular formula is C29H35FN8O3. The second-order valence-corrected chi connectivity index (χ2v) is 10.9. The Kier molecular flexibility index (Phi) is 7.71. The number of fused-ring (bicyclic) bond motifs is 3. The number of ether oxygens (including phenoxy) is 1. The lowest BCUT2D eigenvalue weighted by Crippen LogP contribution is -2.53. The molecule has 1 aliphatic carbocycles. The van der Waals surface area contributed by atoms with Crippen LogP contribution in [0.1, 0.15) is 15.9 Å². The Balaban J connectivity index is 1.14. The summed E-state index contributed by atoms with van der Waals surface area (Å²) in [6, 6.07) is 9.46. The Morgan fingerprint density at radius 3 is 2.44 bits per heavy atom. The molecule has 3 N–H and O–H groups in total. The monoisotopic (exact) mass is 562 g/mol. The number of rotatable bonds is 7. The number of hydrogen-bond acceptors (Lipinski definition) is 8. The number of hydrazine groups is 1. The lowest BCUT2D eigenvalue weighted by molar-refractivity contribution is 0.104. The number of hydrogen-bond donors (Lipinski definition) is 3. The summed E-state index contributed by atoms with van der Waals surface area (Å²) in [5, 5.41) is 11.9. The number of piperazine rings is 2. The molecule has 2 aromatic carbocycles. The van der Waals surface area contributed by atoms with Crippen molar-refractivity contribution in [3.8, 4) is 28.3 Å². The van der Waals surface area contributed by atoms with E-state index in [9.17, 15) is 9.59 Å². The quantitative estimate of drug-likeness (QED) is 0.315. The largest absolute Gasteiger partial charge is 0.492 e. The first kappa shape index (κ1) is 27.3. The third-order valence-corrected chi connectivity index (χ3v) is 8.03. The third kappa shape index (κ3) is 5.68. The number of anilines is 1. The molecule has 0 unspecified atom stereocenters. The molecule has 2 fully saturated rings. The van der Waals surface area contributed by atoms with Crippen molar-refractivity contribution in [3.63, 3.8) is 0 Å². The van der Waals surface area contributed by atoms with E-state index in [1.54, 1.807) is 30.3 Å². The topological polar surface area (TPSA) is 109 Å². The Morgan fingerprint density at radius 1 is 0.976 bits per heavy atom. The molecule has 12 heteroatoms. The fraction of sp³-hybridized carbons (Fsp3) is 0.414.